The Kier molecular flexibility index (Phi) is 4.99. The minimum absolute atomic E-state index is 0.0482. The predicted octanol–water partition coefficient (Wildman–Crippen LogP) is 2.51. The highest BCUT2D eigenvalue weighted by Crippen LogP contribution is 2.25. The minimum atomic E-state index is -0.136. The molecule has 1 aliphatic heterocycles. The van der Waals surface area contributed by atoms with E-state index < -0.39 is 0 Å². The number of likely N-dealkylation sites (tertiary alicyclic amines) is 1. The van der Waals surface area contributed by atoms with Crippen LogP contribution in [0.15, 0.2) is 40.7 Å². The van der Waals surface area contributed by atoms with Gasteiger partial charge in [0.1, 0.15) is 22.7 Å². The number of amides is 2. The van der Waals surface area contributed by atoms with Crippen LogP contribution in [0.1, 0.15) is 33.8 Å². The molecule has 28 heavy (non-hydrogen) atoms. The van der Waals surface area contributed by atoms with Crippen LogP contribution in [0.2, 0.25) is 0 Å². The van der Waals surface area contributed by atoms with Gasteiger partial charge in [-0.25, -0.2) is 4.98 Å². The molecule has 3 aromatic rings. The summed E-state index contributed by atoms with van der Waals surface area (Å²) in [4.78, 5) is 33.5. The summed E-state index contributed by atoms with van der Waals surface area (Å²) in [6, 6.07) is 3.49. The monoisotopic (exact) mass is 399 g/mol. The Morgan fingerprint density at radius 1 is 1.32 bits per heavy atom. The topological polar surface area (TPSA) is 84.5 Å². The highest BCUT2D eigenvalue weighted by molar-refractivity contribution is 7.13. The number of carbonyl (C=O) groups is 2. The summed E-state index contributed by atoms with van der Waals surface area (Å²) in [5, 5.41) is 6.71. The van der Waals surface area contributed by atoms with Crippen LogP contribution in [-0.4, -0.2) is 62.6 Å². The van der Waals surface area contributed by atoms with E-state index >= 15 is 0 Å². The van der Waals surface area contributed by atoms with E-state index in [-0.39, 0.29) is 17.9 Å². The third-order valence-electron chi connectivity index (χ3n) is 4.98. The number of hydrogen-bond acceptors (Lipinski definition) is 6. The van der Waals surface area contributed by atoms with Crippen molar-refractivity contribution in [1.29, 1.82) is 0 Å². The van der Waals surface area contributed by atoms with Gasteiger partial charge in [-0.3, -0.25) is 14.3 Å². The van der Waals surface area contributed by atoms with Gasteiger partial charge in [-0.05, 0) is 25.0 Å². The number of aromatic nitrogens is 3. The third kappa shape index (κ3) is 3.57. The molecule has 0 saturated carbocycles. The number of thiazole rings is 1. The van der Waals surface area contributed by atoms with E-state index in [2.05, 4.69) is 10.1 Å². The molecule has 1 fully saturated rings. The Bertz CT molecular complexity index is 978. The van der Waals surface area contributed by atoms with Crippen molar-refractivity contribution in [3.8, 4) is 10.6 Å². The van der Waals surface area contributed by atoms with Crippen LogP contribution in [0.3, 0.4) is 0 Å². The first-order valence-electron chi connectivity index (χ1n) is 9.07. The lowest BCUT2D eigenvalue weighted by molar-refractivity contribution is 0.0515. The van der Waals surface area contributed by atoms with Crippen LogP contribution in [0, 0.1) is 0 Å². The van der Waals surface area contributed by atoms with Crippen LogP contribution in [-0.2, 0) is 7.05 Å². The zero-order valence-corrected chi connectivity index (χ0v) is 16.6. The van der Waals surface area contributed by atoms with Crippen molar-refractivity contribution < 1.29 is 14.0 Å². The van der Waals surface area contributed by atoms with Crippen molar-refractivity contribution in [2.24, 2.45) is 7.05 Å². The van der Waals surface area contributed by atoms with Gasteiger partial charge in [0.15, 0.2) is 0 Å². The molecule has 9 heteroatoms. The molecule has 0 N–H and O–H groups in total. The van der Waals surface area contributed by atoms with Gasteiger partial charge in [0, 0.05) is 50.4 Å². The molecule has 1 saturated heterocycles. The first kappa shape index (κ1) is 18.4. The summed E-state index contributed by atoms with van der Waals surface area (Å²) in [6.07, 6.45) is 6.65. The minimum Gasteiger partial charge on any atom is -0.472 e. The Morgan fingerprint density at radius 3 is 2.89 bits per heavy atom. The van der Waals surface area contributed by atoms with Gasteiger partial charge in [0.2, 0.25) is 0 Å². The second kappa shape index (κ2) is 7.59. The van der Waals surface area contributed by atoms with Gasteiger partial charge in [0.25, 0.3) is 11.8 Å². The fourth-order valence-corrected chi connectivity index (χ4v) is 4.16. The number of piperidine rings is 1. The normalized spacial score (nSPS) is 16.9. The van der Waals surface area contributed by atoms with E-state index in [0.717, 1.165) is 23.4 Å². The molecule has 1 aliphatic rings. The summed E-state index contributed by atoms with van der Waals surface area (Å²) in [7, 11) is 3.56. The maximum atomic E-state index is 12.9. The molecule has 0 spiro atoms. The number of aryl methyl sites for hydroxylation is 1. The zero-order chi connectivity index (χ0) is 19.7. The molecule has 0 aromatic carbocycles. The fraction of sp³-hybridized carbons (Fsp3) is 0.368. The van der Waals surface area contributed by atoms with E-state index in [1.54, 1.807) is 58.7 Å². The molecule has 2 amide bonds. The second-order valence-electron chi connectivity index (χ2n) is 6.89. The SMILES string of the molecule is CN(C(=O)c1csc(-c2ccoc2)n1)C1CCCN(C(=O)c2ccn(C)n2)C1. The smallest absolute Gasteiger partial charge is 0.274 e. The number of carbonyl (C=O) groups excluding carboxylic acids is 2. The van der Waals surface area contributed by atoms with Crippen molar-refractivity contribution in [1.82, 2.24) is 24.6 Å². The van der Waals surface area contributed by atoms with Gasteiger partial charge in [-0.15, -0.1) is 11.3 Å². The van der Waals surface area contributed by atoms with Gasteiger partial charge >= 0.3 is 0 Å². The van der Waals surface area contributed by atoms with Crippen LogP contribution in [0.25, 0.3) is 10.6 Å². The van der Waals surface area contributed by atoms with Gasteiger partial charge in [-0.2, -0.15) is 5.10 Å². The lowest BCUT2D eigenvalue weighted by atomic mass is 10.0. The Morgan fingerprint density at radius 2 is 2.18 bits per heavy atom. The highest BCUT2D eigenvalue weighted by Gasteiger charge is 2.31. The summed E-state index contributed by atoms with van der Waals surface area (Å²) >= 11 is 1.41. The second-order valence-corrected chi connectivity index (χ2v) is 7.75. The zero-order valence-electron chi connectivity index (χ0n) is 15.7. The summed E-state index contributed by atoms with van der Waals surface area (Å²) < 4.78 is 6.70. The van der Waals surface area contributed by atoms with Crippen LogP contribution < -0.4 is 0 Å². The number of rotatable bonds is 4. The number of hydrogen-bond donors (Lipinski definition) is 0. The molecule has 0 bridgehead atoms. The van der Waals surface area contributed by atoms with E-state index in [0.29, 0.717) is 24.5 Å². The lowest BCUT2D eigenvalue weighted by Gasteiger charge is -2.37. The van der Waals surface area contributed by atoms with Crippen LogP contribution >= 0.6 is 11.3 Å². The quantitative estimate of drug-likeness (QED) is 0.673. The van der Waals surface area contributed by atoms with Crippen LogP contribution in [0.4, 0.5) is 0 Å². The summed E-state index contributed by atoms with van der Waals surface area (Å²) in [5.41, 5.74) is 1.70. The molecule has 4 heterocycles. The standard InChI is InChI=1S/C19H21N5O3S/c1-22-8-5-15(21-22)19(26)24-7-3-4-14(10-24)23(2)18(25)16-12-28-17(20-16)13-6-9-27-11-13/h5-6,8-9,11-12,14H,3-4,7,10H2,1-2H3. The molecule has 4 rings (SSSR count). The Balaban J connectivity index is 1.44. The number of furan rings is 1. The number of likely N-dealkylation sites (N-methyl/N-ethyl adjacent to an activating group) is 1. The summed E-state index contributed by atoms with van der Waals surface area (Å²) in [5.74, 6) is -0.231. The van der Waals surface area contributed by atoms with Crippen molar-refractivity contribution in [2.45, 2.75) is 18.9 Å². The van der Waals surface area contributed by atoms with Crippen molar-refractivity contribution in [3.63, 3.8) is 0 Å². The van der Waals surface area contributed by atoms with Gasteiger partial charge in [-0.1, -0.05) is 0 Å². The van der Waals surface area contributed by atoms with Gasteiger partial charge < -0.3 is 14.2 Å². The van der Waals surface area contributed by atoms with E-state index in [9.17, 15) is 9.59 Å². The molecule has 3 aromatic heterocycles. The molecule has 1 atom stereocenters. The molecular weight excluding hydrogens is 378 g/mol. The number of nitrogens with zero attached hydrogens (tertiary/aromatic N) is 5. The highest BCUT2D eigenvalue weighted by atomic mass is 32.1. The lowest BCUT2D eigenvalue weighted by Crippen LogP contribution is -2.50. The van der Waals surface area contributed by atoms with E-state index in [1.165, 1.54) is 11.3 Å². The molecular formula is C19H21N5O3S. The molecule has 0 aliphatic carbocycles. The van der Waals surface area contributed by atoms with E-state index in [1.807, 2.05) is 6.07 Å². The van der Waals surface area contributed by atoms with Gasteiger partial charge in [0.05, 0.1) is 6.26 Å². The Hall–Kier alpha value is -2.94. The largest absolute Gasteiger partial charge is 0.472 e. The molecule has 146 valence electrons. The Labute approximate surface area is 166 Å². The summed E-state index contributed by atoms with van der Waals surface area (Å²) in [6.45, 7) is 1.17. The molecule has 0 radical (unpaired) electrons. The first-order chi connectivity index (χ1) is 13.5. The van der Waals surface area contributed by atoms with Crippen molar-refractivity contribution in [3.05, 3.63) is 47.6 Å². The molecule has 1 unspecified atom stereocenters. The maximum absolute atomic E-state index is 12.9. The average molecular weight is 399 g/mol. The fourth-order valence-electron chi connectivity index (χ4n) is 3.38. The average Bonchev–Trinajstić information content (AvgIpc) is 3.47. The first-order valence-corrected chi connectivity index (χ1v) is 9.95. The van der Waals surface area contributed by atoms with E-state index in [4.69, 9.17) is 4.42 Å². The van der Waals surface area contributed by atoms with Crippen molar-refractivity contribution in [2.75, 3.05) is 20.1 Å². The van der Waals surface area contributed by atoms with Crippen LogP contribution in [0.5, 0.6) is 0 Å². The van der Waals surface area contributed by atoms with Crippen molar-refractivity contribution >= 4 is 23.2 Å². The maximum Gasteiger partial charge on any atom is 0.274 e. The predicted molar refractivity (Wildman–Crippen MR) is 104 cm³/mol. The molecule has 8 nitrogen and oxygen atoms in total. The third-order valence-corrected chi connectivity index (χ3v) is 5.87.